The standard InChI is InChI=1S/C16H16.C12H18/c1-13(15-9-5-3-6-10-15)14(2)16-11-7-4-8-12-16;1-4-5-6-12-8-7-10(2)11(3)9-12/h3-12H,1-2H3;7-9H,4-6H2,1-3H3/b14-13-;. The lowest BCUT2D eigenvalue weighted by molar-refractivity contribution is 0.794. The lowest BCUT2D eigenvalue weighted by Gasteiger charge is -2.08. The molecule has 0 heterocycles. The first-order valence-electron chi connectivity index (χ1n) is 10.4. The van der Waals surface area contributed by atoms with Gasteiger partial charge in [0.1, 0.15) is 0 Å². The molecular weight excluding hydrogens is 336 g/mol. The molecule has 0 amide bonds. The summed E-state index contributed by atoms with van der Waals surface area (Å²) >= 11 is 0. The molecule has 0 aliphatic heterocycles. The van der Waals surface area contributed by atoms with Crippen molar-refractivity contribution in [3.8, 4) is 0 Å². The number of hydrogen-bond donors (Lipinski definition) is 0. The number of allylic oxidation sites excluding steroid dienone is 2. The molecule has 0 unspecified atom stereocenters. The molecule has 28 heavy (non-hydrogen) atoms. The minimum atomic E-state index is 1.23. The fourth-order valence-electron chi connectivity index (χ4n) is 3.15. The molecule has 0 aliphatic rings. The fourth-order valence-corrected chi connectivity index (χ4v) is 3.15. The Bertz CT molecular complexity index is 823. The zero-order valence-electron chi connectivity index (χ0n) is 18.1. The van der Waals surface area contributed by atoms with Crippen molar-refractivity contribution in [3.05, 3.63) is 107 Å². The van der Waals surface area contributed by atoms with Crippen LogP contribution in [-0.4, -0.2) is 0 Å². The Morgan fingerprint density at radius 2 is 1.14 bits per heavy atom. The highest BCUT2D eigenvalue weighted by Gasteiger charge is 2.01. The molecule has 3 rings (SSSR count). The van der Waals surface area contributed by atoms with E-state index >= 15 is 0 Å². The first-order chi connectivity index (χ1) is 13.5. The predicted octanol–water partition coefficient (Wildman–Crippen LogP) is 8.28. The zero-order chi connectivity index (χ0) is 20.4. The smallest absolute Gasteiger partial charge is 0.0224 e. The molecular formula is C28H34. The van der Waals surface area contributed by atoms with Crippen molar-refractivity contribution in [1.82, 2.24) is 0 Å². The lowest BCUT2D eigenvalue weighted by atomic mass is 9.97. The van der Waals surface area contributed by atoms with Crippen LogP contribution in [0.4, 0.5) is 0 Å². The van der Waals surface area contributed by atoms with E-state index in [0.29, 0.717) is 0 Å². The second-order valence-corrected chi connectivity index (χ2v) is 7.50. The Morgan fingerprint density at radius 1 is 0.643 bits per heavy atom. The third-order valence-electron chi connectivity index (χ3n) is 5.37. The van der Waals surface area contributed by atoms with Crippen LogP contribution in [0.2, 0.25) is 0 Å². The van der Waals surface area contributed by atoms with Crippen molar-refractivity contribution in [1.29, 1.82) is 0 Å². The number of aryl methyl sites for hydroxylation is 3. The maximum atomic E-state index is 2.31. The van der Waals surface area contributed by atoms with Crippen LogP contribution in [0.25, 0.3) is 11.1 Å². The molecule has 0 fully saturated rings. The van der Waals surface area contributed by atoms with Crippen molar-refractivity contribution in [2.45, 2.75) is 53.9 Å². The third kappa shape index (κ3) is 6.53. The van der Waals surface area contributed by atoms with Gasteiger partial charge in [-0.15, -0.1) is 0 Å². The molecule has 3 aromatic carbocycles. The van der Waals surface area contributed by atoms with Crippen molar-refractivity contribution in [2.24, 2.45) is 0 Å². The van der Waals surface area contributed by atoms with E-state index in [2.05, 4.69) is 113 Å². The maximum absolute atomic E-state index is 2.31. The largest absolute Gasteiger partial charge is 0.0654 e. The van der Waals surface area contributed by atoms with Gasteiger partial charge in [0.05, 0.1) is 0 Å². The summed E-state index contributed by atoms with van der Waals surface area (Å²) in [6.07, 6.45) is 3.83. The van der Waals surface area contributed by atoms with Crippen molar-refractivity contribution in [3.63, 3.8) is 0 Å². The monoisotopic (exact) mass is 370 g/mol. The second kappa shape index (κ2) is 11.3. The molecule has 0 aromatic heterocycles. The van der Waals surface area contributed by atoms with E-state index < -0.39 is 0 Å². The SMILES string of the molecule is C/C(=C(\C)c1ccccc1)c1ccccc1.CCCCc1ccc(C)c(C)c1. The molecule has 3 aromatic rings. The fraction of sp³-hybridized carbons (Fsp3) is 0.286. The number of rotatable bonds is 5. The summed E-state index contributed by atoms with van der Waals surface area (Å²) in [5.41, 5.74) is 9.57. The topological polar surface area (TPSA) is 0 Å². The summed E-state index contributed by atoms with van der Waals surface area (Å²) in [6.45, 7) is 10.9. The molecule has 0 heteroatoms. The van der Waals surface area contributed by atoms with E-state index in [0.717, 1.165) is 0 Å². The first-order valence-corrected chi connectivity index (χ1v) is 10.4. The number of unbranched alkanes of at least 4 members (excludes halogenated alkanes) is 1. The Balaban J connectivity index is 0.000000209. The van der Waals surface area contributed by atoms with Gasteiger partial charge in [-0.25, -0.2) is 0 Å². The van der Waals surface area contributed by atoms with Crippen LogP contribution in [0.1, 0.15) is 61.4 Å². The highest BCUT2D eigenvalue weighted by molar-refractivity contribution is 5.88. The second-order valence-electron chi connectivity index (χ2n) is 7.50. The minimum absolute atomic E-state index is 1.23. The molecule has 0 spiro atoms. The van der Waals surface area contributed by atoms with Crippen molar-refractivity contribution in [2.75, 3.05) is 0 Å². The van der Waals surface area contributed by atoms with E-state index in [1.54, 1.807) is 0 Å². The summed E-state index contributed by atoms with van der Waals surface area (Å²) in [5.74, 6) is 0. The molecule has 0 bridgehead atoms. The van der Waals surface area contributed by atoms with Crippen LogP contribution >= 0.6 is 0 Å². The van der Waals surface area contributed by atoms with Gasteiger partial charge >= 0.3 is 0 Å². The van der Waals surface area contributed by atoms with Crippen molar-refractivity contribution < 1.29 is 0 Å². The average molecular weight is 371 g/mol. The number of hydrogen-bond acceptors (Lipinski definition) is 0. The minimum Gasteiger partial charge on any atom is -0.0654 e. The third-order valence-corrected chi connectivity index (χ3v) is 5.37. The van der Waals surface area contributed by atoms with Crippen LogP contribution in [0.5, 0.6) is 0 Å². The highest BCUT2D eigenvalue weighted by Crippen LogP contribution is 2.24. The summed E-state index contributed by atoms with van der Waals surface area (Å²) in [7, 11) is 0. The van der Waals surface area contributed by atoms with Crippen LogP contribution in [-0.2, 0) is 6.42 Å². The molecule has 0 saturated heterocycles. The van der Waals surface area contributed by atoms with Crippen LogP contribution in [0.15, 0.2) is 78.9 Å². The summed E-state index contributed by atoms with van der Waals surface area (Å²) in [4.78, 5) is 0. The van der Waals surface area contributed by atoms with E-state index in [4.69, 9.17) is 0 Å². The zero-order valence-corrected chi connectivity index (χ0v) is 18.1. The summed E-state index contributed by atoms with van der Waals surface area (Å²) in [5, 5.41) is 0. The van der Waals surface area contributed by atoms with E-state index in [9.17, 15) is 0 Å². The Morgan fingerprint density at radius 3 is 1.57 bits per heavy atom. The highest BCUT2D eigenvalue weighted by atomic mass is 14.1. The summed E-state index contributed by atoms with van der Waals surface area (Å²) in [6, 6.07) is 27.8. The Kier molecular flexibility index (Phi) is 8.75. The van der Waals surface area contributed by atoms with Gasteiger partial charge in [0.25, 0.3) is 0 Å². The van der Waals surface area contributed by atoms with Crippen LogP contribution in [0.3, 0.4) is 0 Å². The van der Waals surface area contributed by atoms with Gasteiger partial charge in [-0.1, -0.05) is 92.2 Å². The van der Waals surface area contributed by atoms with Gasteiger partial charge in [0.15, 0.2) is 0 Å². The molecule has 0 atom stereocenters. The Labute approximate surface area is 172 Å². The van der Waals surface area contributed by atoms with Crippen molar-refractivity contribution >= 4 is 11.1 Å². The molecule has 146 valence electrons. The molecule has 0 N–H and O–H groups in total. The van der Waals surface area contributed by atoms with Gasteiger partial charge in [0.2, 0.25) is 0 Å². The van der Waals surface area contributed by atoms with Gasteiger partial charge in [-0.2, -0.15) is 0 Å². The average Bonchev–Trinajstić information content (AvgIpc) is 2.75. The molecule has 0 aliphatic carbocycles. The Hall–Kier alpha value is -2.60. The van der Waals surface area contributed by atoms with Gasteiger partial charge in [-0.05, 0) is 79.5 Å². The predicted molar refractivity (Wildman–Crippen MR) is 126 cm³/mol. The van der Waals surface area contributed by atoms with Crippen LogP contribution < -0.4 is 0 Å². The van der Waals surface area contributed by atoms with Gasteiger partial charge in [0, 0.05) is 0 Å². The molecule has 0 nitrogen and oxygen atoms in total. The molecule has 0 saturated carbocycles. The quantitative estimate of drug-likeness (QED) is 0.396. The van der Waals surface area contributed by atoms with E-state index in [1.165, 1.54) is 58.2 Å². The maximum Gasteiger partial charge on any atom is -0.0224 e. The lowest BCUT2D eigenvalue weighted by Crippen LogP contribution is -1.87. The van der Waals surface area contributed by atoms with E-state index in [1.807, 2.05) is 0 Å². The molecule has 0 radical (unpaired) electrons. The first kappa shape index (κ1) is 21.7. The summed E-state index contributed by atoms with van der Waals surface area (Å²) < 4.78 is 0. The number of benzene rings is 3. The normalized spacial score (nSPS) is 11.3. The van der Waals surface area contributed by atoms with Crippen LogP contribution in [0, 0.1) is 13.8 Å². The van der Waals surface area contributed by atoms with Gasteiger partial charge in [-0.3, -0.25) is 0 Å². The van der Waals surface area contributed by atoms with E-state index in [-0.39, 0.29) is 0 Å². The van der Waals surface area contributed by atoms with Gasteiger partial charge < -0.3 is 0 Å².